The largest absolute Gasteiger partial charge is 0.380 e. The molecule has 1 aliphatic rings. The molecule has 1 saturated heterocycles. The average molecular weight is 308 g/mol. The topological polar surface area (TPSA) is 28.2 Å². The summed E-state index contributed by atoms with van der Waals surface area (Å²) < 4.78 is 0.600. The maximum absolute atomic E-state index is 5.82. The van der Waals surface area contributed by atoms with Gasteiger partial charge in [-0.2, -0.15) is 0 Å². The average Bonchev–Trinajstić information content (AvgIpc) is 3.10. The van der Waals surface area contributed by atoms with Gasteiger partial charge in [0.05, 0.1) is 6.54 Å². The Labute approximate surface area is 128 Å². The van der Waals surface area contributed by atoms with Gasteiger partial charge in [0, 0.05) is 23.3 Å². The molecule has 0 aliphatic carbocycles. The Balaban J connectivity index is 1.52. The number of halogens is 1. The highest BCUT2D eigenvalue weighted by molar-refractivity contribution is 7.15. The van der Waals surface area contributed by atoms with Crippen LogP contribution in [-0.2, 0) is 13.1 Å². The number of thiazole rings is 1. The maximum Gasteiger partial charge on any atom is 0.183 e. The molecule has 0 radical (unpaired) electrons. The van der Waals surface area contributed by atoms with Crippen LogP contribution >= 0.6 is 22.9 Å². The molecule has 3 rings (SSSR count). The van der Waals surface area contributed by atoms with Gasteiger partial charge >= 0.3 is 0 Å². The first kappa shape index (κ1) is 13.9. The minimum absolute atomic E-state index is 0.600. The van der Waals surface area contributed by atoms with Gasteiger partial charge in [0.25, 0.3) is 0 Å². The van der Waals surface area contributed by atoms with Gasteiger partial charge in [0.15, 0.2) is 4.47 Å². The van der Waals surface area contributed by atoms with Crippen LogP contribution in [-0.4, -0.2) is 23.0 Å². The van der Waals surface area contributed by atoms with E-state index in [0.717, 1.165) is 23.7 Å². The third-order valence-corrected chi connectivity index (χ3v) is 4.67. The fourth-order valence-corrected chi connectivity index (χ4v) is 3.40. The number of likely N-dealkylation sites (tertiary alicyclic amines) is 1. The van der Waals surface area contributed by atoms with Crippen molar-refractivity contribution in [1.82, 2.24) is 9.88 Å². The molecule has 3 nitrogen and oxygen atoms in total. The van der Waals surface area contributed by atoms with Crippen LogP contribution in [0.1, 0.15) is 23.3 Å². The van der Waals surface area contributed by atoms with Crippen LogP contribution < -0.4 is 5.32 Å². The second-order valence-electron chi connectivity index (χ2n) is 5.11. The number of hydrogen-bond donors (Lipinski definition) is 1. The molecule has 20 heavy (non-hydrogen) atoms. The van der Waals surface area contributed by atoms with E-state index < -0.39 is 0 Å². The Hall–Kier alpha value is -1.10. The highest BCUT2D eigenvalue weighted by Crippen LogP contribution is 2.20. The number of rotatable bonds is 5. The lowest BCUT2D eigenvalue weighted by Gasteiger charge is -2.14. The van der Waals surface area contributed by atoms with Crippen LogP contribution in [0.5, 0.6) is 0 Å². The summed E-state index contributed by atoms with van der Waals surface area (Å²) in [6, 6.07) is 8.71. The number of anilines is 1. The van der Waals surface area contributed by atoms with Gasteiger partial charge in [-0.25, -0.2) is 4.98 Å². The summed E-state index contributed by atoms with van der Waals surface area (Å²) in [5.41, 5.74) is 2.53. The predicted molar refractivity (Wildman–Crippen MR) is 85.4 cm³/mol. The zero-order valence-electron chi connectivity index (χ0n) is 11.3. The molecule has 2 heterocycles. The van der Waals surface area contributed by atoms with E-state index >= 15 is 0 Å². The quantitative estimate of drug-likeness (QED) is 0.905. The summed E-state index contributed by atoms with van der Waals surface area (Å²) >= 11 is 7.34. The molecule has 1 aromatic carbocycles. The van der Waals surface area contributed by atoms with E-state index in [2.05, 4.69) is 39.5 Å². The van der Waals surface area contributed by atoms with Crippen LogP contribution in [0, 0.1) is 0 Å². The van der Waals surface area contributed by atoms with Crippen molar-refractivity contribution in [2.75, 3.05) is 18.4 Å². The number of benzene rings is 1. The highest BCUT2D eigenvalue weighted by atomic mass is 35.5. The Kier molecular flexibility index (Phi) is 4.55. The Morgan fingerprint density at radius 2 is 1.95 bits per heavy atom. The number of nitrogens with one attached hydrogen (secondary N) is 1. The lowest BCUT2D eigenvalue weighted by atomic mass is 10.2. The minimum Gasteiger partial charge on any atom is -0.380 e. The van der Waals surface area contributed by atoms with Gasteiger partial charge in [0.1, 0.15) is 0 Å². The van der Waals surface area contributed by atoms with Gasteiger partial charge in [0.2, 0.25) is 0 Å². The summed E-state index contributed by atoms with van der Waals surface area (Å²) in [5.74, 6) is 0. The van der Waals surface area contributed by atoms with Crippen molar-refractivity contribution < 1.29 is 0 Å². The van der Waals surface area contributed by atoms with E-state index in [9.17, 15) is 0 Å². The molecule has 2 aromatic rings. The predicted octanol–water partition coefficient (Wildman–Crippen LogP) is 4.00. The fraction of sp³-hybridized carbons (Fsp3) is 0.400. The lowest BCUT2D eigenvalue weighted by molar-refractivity contribution is 0.331. The van der Waals surface area contributed by atoms with E-state index in [1.807, 2.05) is 6.20 Å². The van der Waals surface area contributed by atoms with E-state index in [1.54, 1.807) is 0 Å². The van der Waals surface area contributed by atoms with Crippen molar-refractivity contribution in [3.63, 3.8) is 0 Å². The van der Waals surface area contributed by atoms with E-state index in [1.165, 1.54) is 42.8 Å². The van der Waals surface area contributed by atoms with E-state index in [0.29, 0.717) is 4.47 Å². The summed E-state index contributed by atoms with van der Waals surface area (Å²) in [7, 11) is 0. The Morgan fingerprint density at radius 1 is 1.20 bits per heavy atom. The Bertz CT molecular complexity index is 547. The summed E-state index contributed by atoms with van der Waals surface area (Å²) in [4.78, 5) is 7.70. The molecule has 0 spiro atoms. The molecule has 1 aromatic heterocycles. The molecule has 0 unspecified atom stereocenters. The SMILES string of the molecule is Clc1ncc(CNc2ccc(CN3CCCC3)cc2)s1. The third kappa shape index (κ3) is 3.72. The van der Waals surface area contributed by atoms with Crippen LogP contribution in [0.25, 0.3) is 0 Å². The molecular weight excluding hydrogens is 290 g/mol. The number of aromatic nitrogens is 1. The smallest absolute Gasteiger partial charge is 0.183 e. The molecule has 106 valence electrons. The first-order chi connectivity index (χ1) is 9.79. The Morgan fingerprint density at radius 3 is 2.60 bits per heavy atom. The monoisotopic (exact) mass is 307 g/mol. The van der Waals surface area contributed by atoms with Crippen molar-refractivity contribution in [3.05, 3.63) is 45.4 Å². The molecule has 0 saturated carbocycles. The highest BCUT2D eigenvalue weighted by Gasteiger charge is 2.11. The van der Waals surface area contributed by atoms with Crippen molar-refractivity contribution >= 4 is 28.6 Å². The molecule has 0 amide bonds. The summed E-state index contributed by atoms with van der Waals surface area (Å²) in [6.45, 7) is 4.33. The van der Waals surface area contributed by atoms with Crippen molar-refractivity contribution in [1.29, 1.82) is 0 Å². The van der Waals surface area contributed by atoms with Gasteiger partial charge in [-0.05, 0) is 43.6 Å². The van der Waals surface area contributed by atoms with Crippen LogP contribution in [0.4, 0.5) is 5.69 Å². The van der Waals surface area contributed by atoms with Crippen LogP contribution in [0.15, 0.2) is 30.5 Å². The maximum atomic E-state index is 5.82. The van der Waals surface area contributed by atoms with Gasteiger partial charge in [-0.15, -0.1) is 11.3 Å². The first-order valence-electron chi connectivity index (χ1n) is 6.95. The number of nitrogens with zero attached hydrogens (tertiary/aromatic N) is 2. The van der Waals surface area contributed by atoms with Crippen LogP contribution in [0.2, 0.25) is 4.47 Å². The normalized spacial score (nSPS) is 15.7. The van der Waals surface area contributed by atoms with E-state index in [-0.39, 0.29) is 0 Å². The molecule has 1 N–H and O–H groups in total. The van der Waals surface area contributed by atoms with Gasteiger partial charge in [-0.1, -0.05) is 23.7 Å². The minimum atomic E-state index is 0.600. The molecule has 0 bridgehead atoms. The molecule has 1 aliphatic heterocycles. The summed E-state index contributed by atoms with van der Waals surface area (Å²) in [6.07, 6.45) is 4.51. The first-order valence-corrected chi connectivity index (χ1v) is 8.14. The van der Waals surface area contributed by atoms with Crippen LogP contribution in [0.3, 0.4) is 0 Å². The zero-order chi connectivity index (χ0) is 13.8. The molecule has 0 atom stereocenters. The molecule has 1 fully saturated rings. The van der Waals surface area contributed by atoms with Crippen molar-refractivity contribution in [2.45, 2.75) is 25.9 Å². The van der Waals surface area contributed by atoms with Crippen molar-refractivity contribution in [2.24, 2.45) is 0 Å². The van der Waals surface area contributed by atoms with Gasteiger partial charge in [-0.3, -0.25) is 4.90 Å². The summed E-state index contributed by atoms with van der Waals surface area (Å²) in [5, 5.41) is 3.39. The molecular formula is C15H18ClN3S. The fourth-order valence-electron chi connectivity index (χ4n) is 2.48. The second-order valence-corrected chi connectivity index (χ2v) is 6.81. The van der Waals surface area contributed by atoms with Crippen molar-refractivity contribution in [3.8, 4) is 0 Å². The molecule has 5 heteroatoms. The van der Waals surface area contributed by atoms with E-state index in [4.69, 9.17) is 11.6 Å². The second kappa shape index (κ2) is 6.57. The zero-order valence-corrected chi connectivity index (χ0v) is 12.9. The lowest BCUT2D eigenvalue weighted by Crippen LogP contribution is -2.18. The third-order valence-electron chi connectivity index (χ3n) is 3.55. The standard InChI is InChI=1S/C15H18ClN3S/c16-15-18-10-14(20-15)9-17-13-5-3-12(4-6-13)11-19-7-1-2-8-19/h3-6,10,17H,1-2,7-9,11H2. The van der Waals surface area contributed by atoms with Gasteiger partial charge < -0.3 is 5.32 Å². The number of hydrogen-bond acceptors (Lipinski definition) is 4.